The van der Waals surface area contributed by atoms with Crippen LogP contribution in [0.5, 0.6) is 5.75 Å². The molecule has 1 aliphatic heterocycles. The number of nitrogens with one attached hydrogen (secondary N) is 1. The lowest BCUT2D eigenvalue weighted by Crippen LogP contribution is -2.43. The van der Waals surface area contributed by atoms with Gasteiger partial charge in [-0.15, -0.1) is 0 Å². The van der Waals surface area contributed by atoms with Crippen molar-refractivity contribution in [2.75, 3.05) is 33.4 Å². The van der Waals surface area contributed by atoms with E-state index in [0.29, 0.717) is 18.2 Å². The van der Waals surface area contributed by atoms with Gasteiger partial charge in [-0.1, -0.05) is 11.6 Å². The number of methoxy groups -OCH3 is 1. The second-order valence-corrected chi connectivity index (χ2v) is 4.15. The van der Waals surface area contributed by atoms with Crippen molar-refractivity contribution in [3.05, 3.63) is 23.2 Å². The third kappa shape index (κ3) is 3.36. The molecule has 92 valence electrons. The summed E-state index contributed by atoms with van der Waals surface area (Å²) in [7, 11) is 1.21. The lowest BCUT2D eigenvalue weighted by molar-refractivity contribution is 0.187. The largest absolute Gasteiger partial charge is 0.497 e. The topological polar surface area (TPSA) is 39.7 Å². The Morgan fingerprint density at radius 2 is 2.00 bits per heavy atom. The van der Waals surface area contributed by atoms with Gasteiger partial charge in [0, 0.05) is 36.8 Å². The number of hydrogen-bond donors (Lipinski definition) is 1. The standard InChI is InChI=1S/C11H15BClNO3/c1-15-11-3-2-9(13)8-10(11)12-16-6-4-14-5-7-17-12/h2-3,8,14H,4-7H2,1H3. The van der Waals surface area contributed by atoms with Gasteiger partial charge in [-0.25, -0.2) is 0 Å². The Morgan fingerprint density at radius 1 is 1.29 bits per heavy atom. The summed E-state index contributed by atoms with van der Waals surface area (Å²) < 4.78 is 16.6. The Kier molecular flexibility index (Phi) is 4.68. The Hall–Kier alpha value is -0.745. The first kappa shape index (κ1) is 12.7. The molecule has 0 aliphatic carbocycles. The maximum Gasteiger partial charge on any atom is 0.497 e. The molecule has 1 aromatic carbocycles. The van der Waals surface area contributed by atoms with E-state index in [-0.39, 0.29) is 0 Å². The van der Waals surface area contributed by atoms with E-state index in [4.69, 9.17) is 25.6 Å². The van der Waals surface area contributed by atoms with E-state index >= 15 is 0 Å². The lowest BCUT2D eigenvalue weighted by atomic mass is 9.78. The van der Waals surface area contributed by atoms with Crippen molar-refractivity contribution in [2.45, 2.75) is 0 Å². The van der Waals surface area contributed by atoms with E-state index in [1.54, 1.807) is 13.2 Å². The molecule has 0 spiro atoms. The first-order valence-corrected chi connectivity index (χ1v) is 5.96. The molecule has 1 heterocycles. The predicted octanol–water partition coefficient (Wildman–Crippen LogP) is 0.680. The Morgan fingerprint density at radius 3 is 2.65 bits per heavy atom. The van der Waals surface area contributed by atoms with Crippen molar-refractivity contribution >= 4 is 24.2 Å². The van der Waals surface area contributed by atoms with Gasteiger partial charge in [0.15, 0.2) is 0 Å². The van der Waals surface area contributed by atoms with E-state index in [0.717, 1.165) is 24.3 Å². The first-order valence-electron chi connectivity index (χ1n) is 5.58. The van der Waals surface area contributed by atoms with Gasteiger partial charge in [-0.05, 0) is 18.2 Å². The minimum absolute atomic E-state index is 0.411. The summed E-state index contributed by atoms with van der Waals surface area (Å²) in [4.78, 5) is 0. The predicted molar refractivity (Wildman–Crippen MR) is 68.2 cm³/mol. The molecule has 0 bridgehead atoms. The smallest absolute Gasteiger partial charge is 0.497 e. The zero-order valence-corrected chi connectivity index (χ0v) is 10.5. The highest BCUT2D eigenvalue weighted by molar-refractivity contribution is 6.62. The van der Waals surface area contributed by atoms with Crippen LogP contribution >= 0.6 is 11.6 Å². The number of ether oxygens (including phenoxy) is 1. The van der Waals surface area contributed by atoms with Crippen molar-refractivity contribution in [3.63, 3.8) is 0 Å². The van der Waals surface area contributed by atoms with Crippen LogP contribution in [0.4, 0.5) is 0 Å². The monoisotopic (exact) mass is 255 g/mol. The fraction of sp³-hybridized carbons (Fsp3) is 0.455. The number of benzene rings is 1. The number of rotatable bonds is 2. The van der Waals surface area contributed by atoms with Gasteiger partial charge in [-0.2, -0.15) is 0 Å². The van der Waals surface area contributed by atoms with E-state index in [1.165, 1.54) is 0 Å². The van der Waals surface area contributed by atoms with Crippen LogP contribution < -0.4 is 15.5 Å². The van der Waals surface area contributed by atoms with Crippen LogP contribution in [0.2, 0.25) is 5.02 Å². The highest BCUT2D eigenvalue weighted by Crippen LogP contribution is 2.15. The van der Waals surface area contributed by atoms with E-state index in [9.17, 15) is 0 Å². The van der Waals surface area contributed by atoms with Crippen LogP contribution in [-0.2, 0) is 9.31 Å². The van der Waals surface area contributed by atoms with E-state index < -0.39 is 7.12 Å². The number of halogens is 1. The van der Waals surface area contributed by atoms with Crippen molar-refractivity contribution in [1.82, 2.24) is 5.32 Å². The fourth-order valence-corrected chi connectivity index (χ4v) is 1.90. The molecule has 1 aromatic rings. The van der Waals surface area contributed by atoms with Gasteiger partial charge in [0.1, 0.15) is 5.75 Å². The highest BCUT2D eigenvalue weighted by Gasteiger charge is 2.26. The molecule has 1 aliphatic rings. The molecule has 0 unspecified atom stereocenters. The van der Waals surface area contributed by atoms with Gasteiger partial charge < -0.3 is 19.4 Å². The Bertz CT molecular complexity index is 370. The van der Waals surface area contributed by atoms with Crippen LogP contribution in [0.1, 0.15) is 0 Å². The minimum atomic E-state index is -0.411. The summed E-state index contributed by atoms with van der Waals surface area (Å²) in [5.74, 6) is 0.730. The van der Waals surface area contributed by atoms with Gasteiger partial charge in [-0.3, -0.25) is 0 Å². The van der Waals surface area contributed by atoms with Gasteiger partial charge in [0.05, 0.1) is 7.11 Å². The summed E-state index contributed by atoms with van der Waals surface area (Å²) >= 11 is 5.99. The maximum absolute atomic E-state index is 5.99. The Balaban J connectivity index is 2.20. The molecule has 1 fully saturated rings. The molecule has 0 amide bonds. The fourth-order valence-electron chi connectivity index (χ4n) is 1.72. The van der Waals surface area contributed by atoms with Crippen molar-refractivity contribution in [3.8, 4) is 5.75 Å². The first-order chi connectivity index (χ1) is 8.31. The average molecular weight is 256 g/mol. The maximum atomic E-state index is 5.99. The van der Waals surface area contributed by atoms with E-state index in [1.807, 2.05) is 12.1 Å². The zero-order chi connectivity index (χ0) is 12.1. The molecule has 6 heteroatoms. The van der Waals surface area contributed by atoms with Crippen LogP contribution in [0.15, 0.2) is 18.2 Å². The second-order valence-electron chi connectivity index (χ2n) is 3.71. The molecule has 2 rings (SSSR count). The van der Waals surface area contributed by atoms with Crippen molar-refractivity contribution < 1.29 is 14.0 Å². The quantitative estimate of drug-likeness (QED) is 0.789. The summed E-state index contributed by atoms with van der Waals surface area (Å²) in [5, 5.41) is 3.84. The van der Waals surface area contributed by atoms with Crippen LogP contribution in [0.3, 0.4) is 0 Å². The summed E-state index contributed by atoms with van der Waals surface area (Å²) in [6.45, 7) is 2.84. The van der Waals surface area contributed by atoms with Crippen LogP contribution in [0.25, 0.3) is 0 Å². The van der Waals surface area contributed by atoms with Gasteiger partial charge in [0.25, 0.3) is 0 Å². The molecule has 4 nitrogen and oxygen atoms in total. The molecule has 17 heavy (non-hydrogen) atoms. The molecule has 0 saturated carbocycles. The molecule has 1 saturated heterocycles. The Labute approximate surface area is 106 Å². The normalized spacial score (nSPS) is 17.4. The van der Waals surface area contributed by atoms with Gasteiger partial charge >= 0.3 is 7.12 Å². The highest BCUT2D eigenvalue weighted by atomic mass is 35.5. The molecule has 0 atom stereocenters. The van der Waals surface area contributed by atoms with Crippen molar-refractivity contribution in [2.24, 2.45) is 0 Å². The molecule has 0 aromatic heterocycles. The molecular weight excluding hydrogens is 240 g/mol. The van der Waals surface area contributed by atoms with Crippen LogP contribution in [-0.4, -0.2) is 40.5 Å². The summed E-state index contributed by atoms with van der Waals surface area (Å²) in [6, 6.07) is 5.43. The third-order valence-electron chi connectivity index (χ3n) is 2.54. The lowest BCUT2D eigenvalue weighted by Gasteiger charge is -2.20. The van der Waals surface area contributed by atoms with Gasteiger partial charge in [0.2, 0.25) is 0 Å². The zero-order valence-electron chi connectivity index (χ0n) is 9.74. The molecule has 1 N–H and O–H groups in total. The summed E-state index contributed by atoms with van der Waals surface area (Å²) in [6.07, 6.45) is 0. The average Bonchev–Trinajstić information content (AvgIpc) is 2.28. The minimum Gasteiger partial charge on any atom is -0.497 e. The van der Waals surface area contributed by atoms with Crippen LogP contribution in [0, 0.1) is 0 Å². The number of hydrogen-bond acceptors (Lipinski definition) is 4. The second kappa shape index (κ2) is 6.26. The third-order valence-corrected chi connectivity index (χ3v) is 2.78. The summed E-state index contributed by atoms with van der Waals surface area (Å²) in [5.41, 5.74) is 0.835. The SMILES string of the molecule is COc1ccc(Cl)cc1B1OCCNCCO1. The van der Waals surface area contributed by atoms with Crippen molar-refractivity contribution in [1.29, 1.82) is 0 Å². The van der Waals surface area contributed by atoms with E-state index in [2.05, 4.69) is 5.32 Å². The molecular formula is C11H15BClNO3. The molecule has 0 radical (unpaired) electrons.